The Balaban J connectivity index is 1.92. The van der Waals surface area contributed by atoms with E-state index in [1.165, 1.54) is 19.5 Å². The van der Waals surface area contributed by atoms with E-state index < -0.39 is 5.97 Å². The summed E-state index contributed by atoms with van der Waals surface area (Å²) in [7, 11) is 1.41. The number of thiol groups is 1. The highest BCUT2D eigenvalue weighted by atomic mass is 32.1. The molecule has 0 aliphatic rings. The second-order valence-corrected chi connectivity index (χ2v) is 6.17. The molecule has 0 saturated heterocycles. The molecule has 2 N–H and O–H groups in total. The molecule has 2 aromatic carbocycles. The first kappa shape index (κ1) is 21.0. The number of nitrogens with zero attached hydrogens (tertiary/aromatic N) is 2. The largest absolute Gasteiger partial charge is 0.500 e. The number of ether oxygens (including phenoxy) is 3. The number of rotatable bonds is 8. The van der Waals surface area contributed by atoms with Gasteiger partial charge in [-0.2, -0.15) is 0 Å². The third-order valence-electron chi connectivity index (χ3n) is 4.08. The van der Waals surface area contributed by atoms with Crippen LogP contribution in [0.4, 0.5) is 5.69 Å². The molecule has 0 bridgehead atoms. The molecular weight excluding hydrogens is 406 g/mol. The third kappa shape index (κ3) is 4.81. The van der Waals surface area contributed by atoms with E-state index in [1.807, 2.05) is 12.1 Å². The molecule has 3 rings (SSSR count). The first-order chi connectivity index (χ1) is 14.5. The minimum atomic E-state index is -1.13. The van der Waals surface area contributed by atoms with Crippen LogP contribution in [0.5, 0.6) is 23.3 Å². The number of para-hydroxylation sites is 3. The van der Waals surface area contributed by atoms with Gasteiger partial charge in [0.1, 0.15) is 23.4 Å². The molecule has 8 nitrogen and oxygen atoms in total. The van der Waals surface area contributed by atoms with E-state index >= 15 is 0 Å². The molecule has 0 fully saturated rings. The van der Waals surface area contributed by atoms with Gasteiger partial charge in [0.15, 0.2) is 5.75 Å². The highest BCUT2D eigenvalue weighted by molar-refractivity contribution is 7.81. The van der Waals surface area contributed by atoms with Crippen LogP contribution in [0.25, 0.3) is 5.57 Å². The van der Waals surface area contributed by atoms with Gasteiger partial charge in [0.2, 0.25) is 11.8 Å². The Morgan fingerprint density at radius 1 is 1.00 bits per heavy atom. The molecule has 0 aliphatic heterocycles. The first-order valence-corrected chi connectivity index (χ1v) is 9.22. The van der Waals surface area contributed by atoms with Crippen molar-refractivity contribution in [2.75, 3.05) is 11.8 Å². The standard InChI is InChI=1S/C21H19N3O5S/c1-13(27-2)20(21(25)26)14-7-3-5-9-16(14)28-18-11-19(23-12-22-18)29-17-10-6-4-8-15(17)24-30/h3-12,24,30H,1-2H3,(H,25,26)/b20-13+. The Hall–Kier alpha value is -3.72. The lowest BCUT2D eigenvalue weighted by molar-refractivity contribution is -0.130. The molecular formula is C21H19N3O5S. The molecule has 0 aliphatic carbocycles. The van der Waals surface area contributed by atoms with Crippen molar-refractivity contribution in [1.82, 2.24) is 9.97 Å². The third-order valence-corrected chi connectivity index (χ3v) is 4.32. The number of carboxylic acids is 1. The van der Waals surface area contributed by atoms with Gasteiger partial charge in [0.25, 0.3) is 0 Å². The summed E-state index contributed by atoms with van der Waals surface area (Å²) in [5, 5.41) is 9.63. The molecule has 0 amide bonds. The summed E-state index contributed by atoms with van der Waals surface area (Å²) in [6, 6.07) is 15.4. The first-order valence-electron chi connectivity index (χ1n) is 8.78. The molecule has 9 heteroatoms. The molecule has 3 aromatic rings. The average molecular weight is 425 g/mol. The van der Waals surface area contributed by atoms with Crippen molar-refractivity contribution in [3.63, 3.8) is 0 Å². The number of hydrogen-bond donors (Lipinski definition) is 3. The van der Waals surface area contributed by atoms with E-state index in [2.05, 4.69) is 27.5 Å². The van der Waals surface area contributed by atoms with Crippen LogP contribution in [0.1, 0.15) is 12.5 Å². The highest BCUT2D eigenvalue weighted by Gasteiger charge is 2.20. The van der Waals surface area contributed by atoms with Gasteiger partial charge in [0.05, 0.1) is 18.9 Å². The summed E-state index contributed by atoms with van der Waals surface area (Å²) < 4.78 is 19.5. The fourth-order valence-corrected chi connectivity index (χ4v) is 2.81. The normalized spacial score (nSPS) is 11.3. The number of anilines is 1. The Labute approximate surface area is 178 Å². The number of allylic oxidation sites excluding steroid dienone is 1. The smallest absolute Gasteiger partial charge is 0.339 e. The van der Waals surface area contributed by atoms with Gasteiger partial charge in [-0.3, -0.25) is 0 Å². The summed E-state index contributed by atoms with van der Waals surface area (Å²) in [4.78, 5) is 20.0. The van der Waals surface area contributed by atoms with Crippen LogP contribution in [-0.4, -0.2) is 28.2 Å². The number of carboxylic acid groups (broad SMARTS) is 1. The van der Waals surface area contributed by atoms with Gasteiger partial charge in [-0.25, -0.2) is 14.8 Å². The van der Waals surface area contributed by atoms with Crippen LogP contribution in [0, 0.1) is 0 Å². The number of nitrogens with one attached hydrogen (secondary N) is 1. The minimum absolute atomic E-state index is 0.00703. The van der Waals surface area contributed by atoms with Gasteiger partial charge in [-0.05, 0) is 25.1 Å². The number of carbonyl (C=O) groups is 1. The molecule has 154 valence electrons. The average Bonchev–Trinajstić information content (AvgIpc) is 2.75. The lowest BCUT2D eigenvalue weighted by atomic mass is 10.0. The summed E-state index contributed by atoms with van der Waals surface area (Å²) >= 11 is 4.05. The van der Waals surface area contributed by atoms with Crippen LogP contribution in [-0.2, 0) is 9.53 Å². The zero-order chi connectivity index (χ0) is 21.5. The predicted molar refractivity (Wildman–Crippen MR) is 115 cm³/mol. The van der Waals surface area contributed by atoms with E-state index in [0.29, 0.717) is 22.7 Å². The van der Waals surface area contributed by atoms with E-state index in [1.54, 1.807) is 43.3 Å². The van der Waals surface area contributed by atoms with Crippen molar-refractivity contribution < 1.29 is 24.1 Å². The van der Waals surface area contributed by atoms with Crippen LogP contribution >= 0.6 is 12.8 Å². The van der Waals surface area contributed by atoms with E-state index in [4.69, 9.17) is 14.2 Å². The maximum absolute atomic E-state index is 11.8. The van der Waals surface area contributed by atoms with E-state index in [9.17, 15) is 9.90 Å². The van der Waals surface area contributed by atoms with Gasteiger partial charge in [-0.1, -0.05) is 43.1 Å². The predicted octanol–water partition coefficient (Wildman–Crippen LogP) is 4.78. The van der Waals surface area contributed by atoms with Crippen LogP contribution in [0.15, 0.2) is 66.7 Å². The van der Waals surface area contributed by atoms with Crippen LogP contribution in [0.3, 0.4) is 0 Å². The zero-order valence-electron chi connectivity index (χ0n) is 16.2. The lowest BCUT2D eigenvalue weighted by Crippen LogP contribution is -2.05. The molecule has 30 heavy (non-hydrogen) atoms. The van der Waals surface area contributed by atoms with Gasteiger partial charge < -0.3 is 24.0 Å². The molecule has 0 atom stereocenters. The summed E-state index contributed by atoms with van der Waals surface area (Å²) in [5.74, 6) is 0.367. The Morgan fingerprint density at radius 2 is 1.60 bits per heavy atom. The van der Waals surface area contributed by atoms with Crippen LogP contribution in [0.2, 0.25) is 0 Å². The van der Waals surface area contributed by atoms with Crippen molar-refractivity contribution in [2.45, 2.75) is 6.92 Å². The topological polar surface area (TPSA) is 103 Å². The molecule has 0 spiro atoms. The Kier molecular flexibility index (Phi) is 6.76. The monoisotopic (exact) mass is 425 g/mol. The van der Waals surface area contributed by atoms with Crippen molar-refractivity contribution in [1.29, 1.82) is 0 Å². The summed E-state index contributed by atoms with van der Waals surface area (Å²) in [5.41, 5.74) is 1.01. The lowest BCUT2D eigenvalue weighted by Gasteiger charge is -2.13. The number of methoxy groups -OCH3 is 1. The van der Waals surface area contributed by atoms with Crippen molar-refractivity contribution in [2.24, 2.45) is 0 Å². The molecule has 0 radical (unpaired) electrons. The number of benzene rings is 2. The van der Waals surface area contributed by atoms with Crippen LogP contribution < -0.4 is 14.2 Å². The van der Waals surface area contributed by atoms with Crippen molar-refractivity contribution in [3.05, 3.63) is 72.2 Å². The van der Waals surface area contributed by atoms with E-state index in [0.717, 1.165) is 0 Å². The fourth-order valence-electron chi connectivity index (χ4n) is 2.63. The maximum Gasteiger partial charge on any atom is 0.339 e. The minimum Gasteiger partial charge on any atom is -0.500 e. The van der Waals surface area contributed by atoms with Gasteiger partial charge in [-0.15, -0.1) is 0 Å². The number of aliphatic carboxylic acids is 1. The maximum atomic E-state index is 11.8. The second-order valence-electron chi connectivity index (χ2n) is 5.94. The highest BCUT2D eigenvalue weighted by Crippen LogP contribution is 2.33. The molecule has 0 saturated carbocycles. The number of hydrogen-bond acceptors (Lipinski definition) is 8. The second kappa shape index (κ2) is 9.66. The zero-order valence-corrected chi connectivity index (χ0v) is 17.1. The molecule has 1 aromatic heterocycles. The molecule has 0 unspecified atom stereocenters. The van der Waals surface area contributed by atoms with Gasteiger partial charge >= 0.3 is 5.97 Å². The Bertz CT molecular complexity index is 1090. The summed E-state index contributed by atoms with van der Waals surface area (Å²) in [6.07, 6.45) is 1.29. The summed E-state index contributed by atoms with van der Waals surface area (Å²) in [6.45, 7) is 1.57. The fraction of sp³-hybridized carbons (Fsp3) is 0.0952. The van der Waals surface area contributed by atoms with E-state index in [-0.39, 0.29) is 23.1 Å². The number of aromatic nitrogens is 2. The quantitative estimate of drug-likeness (QED) is 0.269. The Morgan fingerprint density at radius 3 is 2.23 bits per heavy atom. The van der Waals surface area contributed by atoms with Crippen molar-refractivity contribution in [3.8, 4) is 23.3 Å². The van der Waals surface area contributed by atoms with Gasteiger partial charge in [0, 0.05) is 5.56 Å². The van der Waals surface area contributed by atoms with Crippen molar-refractivity contribution >= 4 is 30.0 Å². The molecule has 1 heterocycles. The SMILES string of the molecule is CO/C(C)=C(/C(=O)O)c1ccccc1Oc1cc(Oc2ccccc2NS)ncn1.